The normalized spacial score (nSPS) is 19.8. The van der Waals surface area contributed by atoms with Gasteiger partial charge in [-0.15, -0.1) is 0 Å². The number of piperidine rings is 1. The predicted octanol–water partition coefficient (Wildman–Crippen LogP) is 2.61. The number of ether oxygens (including phenoxy) is 1. The molecule has 1 amide bonds. The van der Waals surface area contributed by atoms with Crippen molar-refractivity contribution in [2.75, 3.05) is 25.6 Å². The smallest absolute Gasteiger partial charge is 0.341 e. The van der Waals surface area contributed by atoms with E-state index in [-0.39, 0.29) is 35.8 Å². The molecule has 0 radical (unpaired) electrons. The fraction of sp³-hybridized carbons (Fsp3) is 0.556. The van der Waals surface area contributed by atoms with E-state index in [0.717, 1.165) is 19.3 Å². The van der Waals surface area contributed by atoms with Crippen LogP contribution in [0.2, 0.25) is 0 Å². The second kappa shape index (κ2) is 8.16. The number of nitro benzene ring substituents is 1. The Morgan fingerprint density at radius 3 is 2.42 bits per heavy atom. The molecule has 8 nitrogen and oxygen atoms in total. The van der Waals surface area contributed by atoms with Crippen LogP contribution >= 0.6 is 0 Å². The lowest BCUT2D eigenvalue weighted by Crippen LogP contribution is -2.49. The Kier molecular flexibility index (Phi) is 6.18. The van der Waals surface area contributed by atoms with E-state index >= 15 is 0 Å². The lowest BCUT2D eigenvalue weighted by molar-refractivity contribution is -0.384. The summed E-state index contributed by atoms with van der Waals surface area (Å²) in [6.07, 6.45) is 2.94. The topological polar surface area (TPSA) is 93.0 Å². The number of carbonyl (C=O) groups is 2. The molecular weight excluding hydrogens is 338 g/mol. The van der Waals surface area contributed by atoms with Crippen molar-refractivity contribution in [1.29, 1.82) is 0 Å². The summed E-state index contributed by atoms with van der Waals surface area (Å²) in [5, 5.41) is 11.0. The minimum Gasteiger partial charge on any atom is -0.452 e. The third-order valence-corrected chi connectivity index (χ3v) is 4.70. The third-order valence-electron chi connectivity index (χ3n) is 4.70. The van der Waals surface area contributed by atoms with Gasteiger partial charge in [-0.2, -0.15) is 0 Å². The largest absolute Gasteiger partial charge is 0.452 e. The van der Waals surface area contributed by atoms with E-state index in [4.69, 9.17) is 4.74 Å². The third kappa shape index (κ3) is 4.30. The molecule has 1 heterocycles. The van der Waals surface area contributed by atoms with Crippen LogP contribution in [0.25, 0.3) is 0 Å². The van der Waals surface area contributed by atoms with Crippen molar-refractivity contribution >= 4 is 23.3 Å². The van der Waals surface area contributed by atoms with Gasteiger partial charge < -0.3 is 14.5 Å². The number of rotatable bonds is 5. The van der Waals surface area contributed by atoms with E-state index in [1.54, 1.807) is 23.9 Å². The number of esters is 1. The minimum absolute atomic E-state index is 0.0664. The zero-order valence-corrected chi connectivity index (χ0v) is 15.6. The molecule has 1 saturated heterocycles. The summed E-state index contributed by atoms with van der Waals surface area (Å²) in [6, 6.07) is 4.22. The lowest BCUT2D eigenvalue weighted by Gasteiger charge is -2.38. The number of amides is 1. The summed E-state index contributed by atoms with van der Waals surface area (Å²) < 4.78 is 5.19. The van der Waals surface area contributed by atoms with Gasteiger partial charge in [0.15, 0.2) is 6.61 Å². The molecule has 0 saturated carbocycles. The van der Waals surface area contributed by atoms with Crippen molar-refractivity contribution in [1.82, 2.24) is 4.90 Å². The molecule has 2 rings (SSSR count). The Bertz CT molecular complexity index is 694. The van der Waals surface area contributed by atoms with Gasteiger partial charge in [0.1, 0.15) is 0 Å². The SMILES string of the molecule is C[C@@H]1CCC[C@H](C)N1C(=O)COC(=O)c1cc([N+](=O)[O-])ccc1N(C)C. The number of anilines is 1. The number of likely N-dealkylation sites (tertiary alicyclic amines) is 1. The molecule has 0 aromatic heterocycles. The highest BCUT2D eigenvalue weighted by Crippen LogP contribution is 2.26. The first kappa shape index (κ1) is 19.7. The summed E-state index contributed by atoms with van der Waals surface area (Å²) in [7, 11) is 3.44. The van der Waals surface area contributed by atoms with Crippen molar-refractivity contribution in [3.05, 3.63) is 33.9 Å². The lowest BCUT2D eigenvalue weighted by atomic mass is 9.97. The number of nitro groups is 1. The van der Waals surface area contributed by atoms with E-state index in [0.29, 0.717) is 5.69 Å². The molecule has 26 heavy (non-hydrogen) atoms. The number of carbonyl (C=O) groups excluding carboxylic acids is 2. The molecule has 0 N–H and O–H groups in total. The Labute approximate surface area is 152 Å². The van der Waals surface area contributed by atoms with Gasteiger partial charge in [-0.1, -0.05) is 0 Å². The molecule has 8 heteroatoms. The number of non-ortho nitro benzene ring substituents is 1. The first-order valence-corrected chi connectivity index (χ1v) is 8.66. The van der Waals surface area contributed by atoms with Crippen LogP contribution in [0.5, 0.6) is 0 Å². The number of nitrogens with zero attached hydrogens (tertiary/aromatic N) is 3. The van der Waals surface area contributed by atoms with Gasteiger partial charge >= 0.3 is 5.97 Å². The van der Waals surface area contributed by atoms with Crippen LogP contribution < -0.4 is 4.90 Å². The molecule has 1 aromatic carbocycles. The molecule has 1 aliphatic heterocycles. The summed E-state index contributed by atoms with van der Waals surface area (Å²) in [6.45, 7) is 3.60. The van der Waals surface area contributed by atoms with E-state index < -0.39 is 10.9 Å². The van der Waals surface area contributed by atoms with Gasteiger partial charge in [-0.3, -0.25) is 14.9 Å². The monoisotopic (exact) mass is 363 g/mol. The van der Waals surface area contributed by atoms with Crippen LogP contribution in [-0.4, -0.2) is 54.5 Å². The second-order valence-corrected chi connectivity index (χ2v) is 6.86. The first-order valence-electron chi connectivity index (χ1n) is 8.66. The number of hydrogen-bond acceptors (Lipinski definition) is 6. The molecule has 0 aliphatic carbocycles. The summed E-state index contributed by atoms with van der Waals surface area (Å²) >= 11 is 0. The van der Waals surface area contributed by atoms with E-state index in [9.17, 15) is 19.7 Å². The average molecular weight is 363 g/mol. The quantitative estimate of drug-likeness (QED) is 0.453. The maximum absolute atomic E-state index is 12.5. The molecule has 0 bridgehead atoms. The first-order chi connectivity index (χ1) is 12.2. The molecule has 0 spiro atoms. The molecule has 2 atom stereocenters. The van der Waals surface area contributed by atoms with Crippen molar-refractivity contribution in [2.24, 2.45) is 0 Å². The van der Waals surface area contributed by atoms with Gasteiger partial charge in [-0.25, -0.2) is 4.79 Å². The maximum atomic E-state index is 12.5. The highest BCUT2D eigenvalue weighted by molar-refractivity contribution is 5.97. The molecule has 0 unspecified atom stereocenters. The Balaban J connectivity index is 2.13. The molecule has 1 aliphatic rings. The Hall–Kier alpha value is -2.64. The van der Waals surface area contributed by atoms with Gasteiger partial charge in [0.2, 0.25) is 0 Å². The van der Waals surface area contributed by atoms with Crippen molar-refractivity contribution in [3.63, 3.8) is 0 Å². The zero-order chi connectivity index (χ0) is 19.4. The summed E-state index contributed by atoms with van der Waals surface area (Å²) in [4.78, 5) is 38.8. The zero-order valence-electron chi connectivity index (χ0n) is 15.6. The van der Waals surface area contributed by atoms with Gasteiger partial charge in [0.05, 0.1) is 16.2 Å². The fourth-order valence-electron chi connectivity index (χ4n) is 3.38. The van der Waals surface area contributed by atoms with E-state index in [1.165, 1.54) is 18.2 Å². The van der Waals surface area contributed by atoms with Crippen LogP contribution in [-0.2, 0) is 9.53 Å². The van der Waals surface area contributed by atoms with Gasteiger partial charge in [0, 0.05) is 38.3 Å². The van der Waals surface area contributed by atoms with E-state index in [1.807, 2.05) is 13.8 Å². The fourth-order valence-corrected chi connectivity index (χ4v) is 3.38. The van der Waals surface area contributed by atoms with Crippen molar-refractivity contribution in [3.8, 4) is 0 Å². The highest BCUT2D eigenvalue weighted by atomic mass is 16.6. The highest BCUT2D eigenvalue weighted by Gasteiger charge is 2.30. The number of benzene rings is 1. The van der Waals surface area contributed by atoms with Crippen LogP contribution in [0.3, 0.4) is 0 Å². The molecule has 1 fully saturated rings. The molecule has 1 aromatic rings. The Morgan fingerprint density at radius 2 is 1.88 bits per heavy atom. The second-order valence-electron chi connectivity index (χ2n) is 6.86. The maximum Gasteiger partial charge on any atom is 0.341 e. The number of hydrogen-bond donors (Lipinski definition) is 0. The molecular formula is C18H25N3O5. The molecule has 142 valence electrons. The van der Waals surface area contributed by atoms with Crippen LogP contribution in [0.4, 0.5) is 11.4 Å². The van der Waals surface area contributed by atoms with Crippen LogP contribution in [0.1, 0.15) is 43.5 Å². The average Bonchev–Trinajstić information content (AvgIpc) is 2.58. The Morgan fingerprint density at radius 1 is 1.27 bits per heavy atom. The summed E-state index contributed by atoms with van der Waals surface area (Å²) in [5.41, 5.74) is 0.358. The van der Waals surface area contributed by atoms with Crippen molar-refractivity contribution in [2.45, 2.75) is 45.2 Å². The van der Waals surface area contributed by atoms with Gasteiger partial charge in [0.25, 0.3) is 11.6 Å². The predicted molar refractivity (Wildman–Crippen MR) is 97.3 cm³/mol. The summed E-state index contributed by atoms with van der Waals surface area (Å²) in [5.74, 6) is -0.988. The van der Waals surface area contributed by atoms with Crippen molar-refractivity contribution < 1.29 is 19.2 Å². The van der Waals surface area contributed by atoms with Crippen LogP contribution in [0.15, 0.2) is 18.2 Å². The minimum atomic E-state index is -0.747. The van der Waals surface area contributed by atoms with E-state index in [2.05, 4.69) is 0 Å². The van der Waals surface area contributed by atoms with Gasteiger partial charge in [-0.05, 0) is 39.2 Å². The standard InChI is InChI=1S/C18H25N3O5/c1-12-6-5-7-13(2)20(12)17(22)11-26-18(23)15-10-14(21(24)25)8-9-16(15)19(3)4/h8-10,12-13H,5-7,11H2,1-4H3/t12-,13+. The van der Waals surface area contributed by atoms with Crippen LogP contribution in [0, 0.1) is 10.1 Å².